The highest BCUT2D eigenvalue weighted by atomic mass is 32.2. The standard InChI is InChI=1S/C15H20N2O2S/c1-2-19-15(18)11-20-9-4-3-6-13-7-5-8-14-10-16-12-17(13)14/h5,7-8,10,12H,2-4,6,9,11H2,1H3. The van der Waals surface area contributed by atoms with Gasteiger partial charge in [0.15, 0.2) is 0 Å². The lowest BCUT2D eigenvalue weighted by molar-refractivity contribution is -0.139. The number of rotatable bonds is 8. The van der Waals surface area contributed by atoms with Crippen molar-refractivity contribution in [3.05, 3.63) is 36.4 Å². The number of nitrogens with zero attached hydrogens (tertiary/aromatic N) is 2. The second-order valence-corrected chi connectivity index (χ2v) is 5.63. The molecule has 2 aromatic rings. The number of unbranched alkanes of at least 4 members (excludes halogenated alkanes) is 1. The molecule has 20 heavy (non-hydrogen) atoms. The van der Waals surface area contributed by atoms with Gasteiger partial charge in [-0.25, -0.2) is 4.98 Å². The van der Waals surface area contributed by atoms with E-state index in [4.69, 9.17) is 4.74 Å². The summed E-state index contributed by atoms with van der Waals surface area (Å²) in [7, 11) is 0. The number of pyridine rings is 1. The molecular weight excluding hydrogens is 272 g/mol. The molecule has 2 rings (SSSR count). The molecule has 0 fully saturated rings. The monoisotopic (exact) mass is 292 g/mol. The number of imidazole rings is 1. The van der Waals surface area contributed by atoms with Crippen LogP contribution in [0.15, 0.2) is 30.7 Å². The van der Waals surface area contributed by atoms with Crippen molar-refractivity contribution in [1.29, 1.82) is 0 Å². The second kappa shape index (κ2) is 7.94. The molecule has 0 aliphatic heterocycles. The van der Waals surface area contributed by atoms with Gasteiger partial charge in [0, 0.05) is 5.69 Å². The summed E-state index contributed by atoms with van der Waals surface area (Å²) in [6.45, 7) is 2.30. The molecule has 0 aliphatic rings. The first kappa shape index (κ1) is 14.9. The number of aromatic nitrogens is 2. The summed E-state index contributed by atoms with van der Waals surface area (Å²) in [5.74, 6) is 1.35. The first-order valence-corrected chi connectivity index (χ1v) is 8.10. The average Bonchev–Trinajstić information content (AvgIpc) is 2.92. The Morgan fingerprint density at radius 2 is 2.30 bits per heavy atom. The molecule has 0 N–H and O–H groups in total. The summed E-state index contributed by atoms with van der Waals surface area (Å²) in [4.78, 5) is 15.3. The van der Waals surface area contributed by atoms with E-state index in [0.717, 1.165) is 30.5 Å². The fourth-order valence-electron chi connectivity index (χ4n) is 2.08. The van der Waals surface area contributed by atoms with E-state index >= 15 is 0 Å². The number of aryl methyl sites for hydroxylation is 1. The van der Waals surface area contributed by atoms with Crippen LogP contribution in [0.3, 0.4) is 0 Å². The van der Waals surface area contributed by atoms with Crippen LogP contribution in [0.4, 0.5) is 0 Å². The van der Waals surface area contributed by atoms with Crippen LogP contribution < -0.4 is 0 Å². The van der Waals surface area contributed by atoms with E-state index in [2.05, 4.69) is 27.6 Å². The first-order valence-electron chi connectivity index (χ1n) is 6.94. The third-order valence-electron chi connectivity index (χ3n) is 3.03. The van der Waals surface area contributed by atoms with E-state index in [-0.39, 0.29) is 5.97 Å². The molecule has 0 bridgehead atoms. The van der Waals surface area contributed by atoms with Gasteiger partial charge >= 0.3 is 5.97 Å². The van der Waals surface area contributed by atoms with Crippen molar-refractivity contribution in [2.45, 2.75) is 26.2 Å². The number of fused-ring (bicyclic) bond motifs is 1. The van der Waals surface area contributed by atoms with Crippen LogP contribution >= 0.6 is 11.8 Å². The van der Waals surface area contributed by atoms with Crippen molar-refractivity contribution < 1.29 is 9.53 Å². The summed E-state index contributed by atoms with van der Waals surface area (Å²) in [6, 6.07) is 6.27. The molecule has 0 saturated carbocycles. The van der Waals surface area contributed by atoms with Gasteiger partial charge in [-0.05, 0) is 44.1 Å². The van der Waals surface area contributed by atoms with Gasteiger partial charge in [0.05, 0.1) is 30.4 Å². The van der Waals surface area contributed by atoms with E-state index in [1.54, 1.807) is 11.8 Å². The number of hydrogen-bond acceptors (Lipinski definition) is 4. The Hall–Kier alpha value is -1.49. The van der Waals surface area contributed by atoms with E-state index in [1.165, 1.54) is 5.69 Å². The molecule has 2 aromatic heterocycles. The highest BCUT2D eigenvalue weighted by Gasteiger charge is 2.02. The largest absolute Gasteiger partial charge is 0.465 e. The fraction of sp³-hybridized carbons (Fsp3) is 0.467. The van der Waals surface area contributed by atoms with E-state index in [1.807, 2.05) is 19.4 Å². The number of carbonyl (C=O) groups is 1. The van der Waals surface area contributed by atoms with E-state index < -0.39 is 0 Å². The number of esters is 1. The van der Waals surface area contributed by atoms with Crippen molar-refractivity contribution in [1.82, 2.24) is 9.38 Å². The number of carbonyl (C=O) groups excluding carboxylic acids is 1. The Bertz CT molecular complexity index is 554. The number of thioether (sulfide) groups is 1. The van der Waals surface area contributed by atoms with Crippen molar-refractivity contribution in [2.24, 2.45) is 0 Å². The van der Waals surface area contributed by atoms with Crippen molar-refractivity contribution in [3.63, 3.8) is 0 Å². The third-order valence-corrected chi connectivity index (χ3v) is 4.05. The van der Waals surface area contributed by atoms with Crippen LogP contribution in [0.2, 0.25) is 0 Å². The SMILES string of the molecule is CCOC(=O)CSCCCCc1cccc2cncn12. The predicted molar refractivity (Wildman–Crippen MR) is 82.1 cm³/mol. The Kier molecular flexibility index (Phi) is 5.92. The highest BCUT2D eigenvalue weighted by Crippen LogP contribution is 2.12. The molecule has 4 nitrogen and oxygen atoms in total. The summed E-state index contributed by atoms with van der Waals surface area (Å²) >= 11 is 1.65. The van der Waals surface area contributed by atoms with Gasteiger partial charge in [0.2, 0.25) is 0 Å². The number of hydrogen-bond donors (Lipinski definition) is 0. The fourth-order valence-corrected chi connectivity index (χ4v) is 2.88. The molecule has 0 amide bonds. The molecule has 0 saturated heterocycles. The van der Waals surface area contributed by atoms with Crippen LogP contribution in [0.5, 0.6) is 0 Å². The van der Waals surface area contributed by atoms with Gasteiger partial charge in [0.1, 0.15) is 0 Å². The topological polar surface area (TPSA) is 43.6 Å². The van der Waals surface area contributed by atoms with Gasteiger partial charge in [-0.15, -0.1) is 0 Å². The summed E-state index contributed by atoms with van der Waals surface area (Å²) in [5.41, 5.74) is 2.43. The number of ether oxygens (including phenoxy) is 1. The zero-order valence-corrected chi connectivity index (χ0v) is 12.6. The van der Waals surface area contributed by atoms with E-state index in [0.29, 0.717) is 12.4 Å². The highest BCUT2D eigenvalue weighted by molar-refractivity contribution is 7.99. The van der Waals surface area contributed by atoms with Crippen LogP contribution in [0.1, 0.15) is 25.5 Å². The van der Waals surface area contributed by atoms with E-state index in [9.17, 15) is 4.79 Å². The lowest BCUT2D eigenvalue weighted by atomic mass is 10.2. The predicted octanol–water partition coefficient (Wildman–Crippen LogP) is 2.95. The molecule has 0 radical (unpaired) electrons. The first-order chi connectivity index (χ1) is 9.81. The van der Waals surface area contributed by atoms with Crippen LogP contribution in [-0.2, 0) is 16.0 Å². The lowest BCUT2D eigenvalue weighted by Gasteiger charge is -2.05. The van der Waals surface area contributed by atoms with Gasteiger partial charge in [-0.1, -0.05) is 6.07 Å². The molecule has 0 atom stereocenters. The summed E-state index contributed by atoms with van der Waals surface area (Å²) < 4.78 is 7.02. The van der Waals surface area contributed by atoms with Gasteiger partial charge < -0.3 is 9.14 Å². The Labute approximate surface area is 123 Å². The Morgan fingerprint density at radius 1 is 1.40 bits per heavy atom. The van der Waals surface area contributed by atoms with Gasteiger partial charge in [-0.2, -0.15) is 11.8 Å². The molecule has 2 heterocycles. The quantitative estimate of drug-likeness (QED) is 0.554. The second-order valence-electron chi connectivity index (χ2n) is 4.52. The zero-order chi connectivity index (χ0) is 14.2. The minimum absolute atomic E-state index is 0.110. The maximum absolute atomic E-state index is 11.2. The lowest BCUT2D eigenvalue weighted by Crippen LogP contribution is -2.07. The summed E-state index contributed by atoms with van der Waals surface area (Å²) in [6.07, 6.45) is 6.99. The Balaban J connectivity index is 1.66. The van der Waals surface area contributed by atoms with Crippen LogP contribution in [-0.4, -0.2) is 33.5 Å². The normalized spacial score (nSPS) is 10.8. The molecular formula is C15H20N2O2S. The van der Waals surface area contributed by atoms with Crippen LogP contribution in [0.25, 0.3) is 5.52 Å². The third kappa shape index (κ3) is 4.27. The molecule has 108 valence electrons. The van der Waals surface area contributed by atoms with Crippen molar-refractivity contribution in [2.75, 3.05) is 18.1 Å². The maximum Gasteiger partial charge on any atom is 0.315 e. The average molecular weight is 292 g/mol. The van der Waals surface area contributed by atoms with Crippen LogP contribution in [0, 0.1) is 0 Å². The minimum Gasteiger partial charge on any atom is -0.465 e. The molecule has 5 heteroatoms. The molecule has 0 spiro atoms. The Morgan fingerprint density at radius 3 is 3.15 bits per heavy atom. The van der Waals surface area contributed by atoms with Crippen molar-refractivity contribution >= 4 is 23.2 Å². The maximum atomic E-state index is 11.2. The molecule has 0 aliphatic carbocycles. The zero-order valence-electron chi connectivity index (χ0n) is 11.7. The van der Waals surface area contributed by atoms with Gasteiger partial charge in [0.25, 0.3) is 0 Å². The smallest absolute Gasteiger partial charge is 0.315 e. The van der Waals surface area contributed by atoms with Crippen molar-refractivity contribution in [3.8, 4) is 0 Å². The molecule has 0 aromatic carbocycles. The van der Waals surface area contributed by atoms with Gasteiger partial charge in [-0.3, -0.25) is 4.79 Å². The summed E-state index contributed by atoms with van der Waals surface area (Å²) in [5, 5.41) is 0. The minimum atomic E-state index is -0.110. The molecule has 0 unspecified atom stereocenters.